The minimum absolute atomic E-state index is 0.123. The van der Waals surface area contributed by atoms with Gasteiger partial charge in [0.25, 0.3) is 0 Å². The van der Waals surface area contributed by atoms with Crippen LogP contribution in [0.2, 0.25) is 0 Å². The lowest BCUT2D eigenvalue weighted by atomic mass is 9.93. The van der Waals surface area contributed by atoms with Crippen molar-refractivity contribution in [2.24, 2.45) is 5.92 Å². The van der Waals surface area contributed by atoms with Crippen molar-refractivity contribution in [2.45, 2.75) is 25.8 Å². The molecule has 0 radical (unpaired) electrons. The van der Waals surface area contributed by atoms with E-state index in [0.717, 1.165) is 13.1 Å². The van der Waals surface area contributed by atoms with Crippen LogP contribution in [0.4, 0.5) is 0 Å². The zero-order chi connectivity index (χ0) is 11.3. The molecular formula is C11H23N3O. The highest BCUT2D eigenvalue weighted by Crippen LogP contribution is 2.13. The Balaban J connectivity index is 2.27. The first-order valence-corrected chi connectivity index (χ1v) is 5.74. The molecular weight excluding hydrogens is 190 g/mol. The maximum Gasteiger partial charge on any atom is 0.234 e. The van der Waals surface area contributed by atoms with E-state index in [1.54, 1.807) is 0 Å². The third kappa shape index (κ3) is 4.62. The summed E-state index contributed by atoms with van der Waals surface area (Å²) in [6, 6.07) is 0.283. The van der Waals surface area contributed by atoms with E-state index in [1.807, 2.05) is 19.0 Å². The Bertz CT molecular complexity index is 200. The topological polar surface area (TPSA) is 44.4 Å². The molecule has 1 aliphatic heterocycles. The van der Waals surface area contributed by atoms with Crippen molar-refractivity contribution in [2.75, 3.05) is 33.7 Å². The maximum atomic E-state index is 11.5. The highest BCUT2D eigenvalue weighted by molar-refractivity contribution is 5.78. The van der Waals surface area contributed by atoms with Gasteiger partial charge in [-0.1, -0.05) is 0 Å². The average molecular weight is 213 g/mol. The van der Waals surface area contributed by atoms with Gasteiger partial charge in [0.15, 0.2) is 0 Å². The third-order valence-electron chi connectivity index (χ3n) is 2.89. The number of carbonyl (C=O) groups excluding carboxylic acids is 1. The Morgan fingerprint density at radius 1 is 1.60 bits per heavy atom. The normalized spacial score (nSPS) is 23.9. The van der Waals surface area contributed by atoms with E-state index in [9.17, 15) is 4.79 Å². The summed E-state index contributed by atoms with van der Waals surface area (Å²) in [6.07, 6.45) is 2.44. The van der Waals surface area contributed by atoms with E-state index in [2.05, 4.69) is 17.6 Å². The first-order valence-electron chi connectivity index (χ1n) is 5.74. The standard InChI is InChI=1S/C11H23N3O/c1-9(10-5-4-6-12-7-10)13-11(15)8-14(2)3/h9-10,12H,4-8H2,1-3H3,(H,13,15). The van der Waals surface area contributed by atoms with Crippen LogP contribution in [0.1, 0.15) is 19.8 Å². The van der Waals surface area contributed by atoms with Gasteiger partial charge in [-0.25, -0.2) is 0 Å². The number of hydrogen-bond acceptors (Lipinski definition) is 3. The molecule has 4 nitrogen and oxygen atoms in total. The zero-order valence-corrected chi connectivity index (χ0v) is 10.0. The number of amides is 1. The summed E-state index contributed by atoms with van der Waals surface area (Å²) in [5.41, 5.74) is 0. The van der Waals surface area contributed by atoms with E-state index in [1.165, 1.54) is 12.8 Å². The van der Waals surface area contributed by atoms with E-state index in [-0.39, 0.29) is 11.9 Å². The Morgan fingerprint density at radius 2 is 2.33 bits per heavy atom. The lowest BCUT2D eigenvalue weighted by Gasteiger charge is -2.29. The van der Waals surface area contributed by atoms with Crippen LogP contribution in [0.5, 0.6) is 0 Å². The number of likely N-dealkylation sites (N-methyl/N-ethyl adjacent to an activating group) is 1. The Morgan fingerprint density at radius 3 is 2.87 bits per heavy atom. The lowest BCUT2D eigenvalue weighted by Crippen LogP contribution is -2.46. The largest absolute Gasteiger partial charge is 0.352 e. The Kier molecular flexibility index (Phi) is 5.05. The molecule has 0 spiro atoms. The van der Waals surface area contributed by atoms with Crippen molar-refractivity contribution in [3.8, 4) is 0 Å². The second kappa shape index (κ2) is 6.08. The maximum absolute atomic E-state index is 11.5. The summed E-state index contributed by atoms with van der Waals surface area (Å²) < 4.78 is 0. The summed E-state index contributed by atoms with van der Waals surface area (Å²) in [4.78, 5) is 13.4. The van der Waals surface area contributed by atoms with Gasteiger partial charge < -0.3 is 15.5 Å². The van der Waals surface area contributed by atoms with Gasteiger partial charge in [0.05, 0.1) is 6.54 Å². The van der Waals surface area contributed by atoms with Crippen LogP contribution in [0.25, 0.3) is 0 Å². The van der Waals surface area contributed by atoms with Crippen molar-refractivity contribution in [1.82, 2.24) is 15.5 Å². The highest BCUT2D eigenvalue weighted by Gasteiger charge is 2.21. The van der Waals surface area contributed by atoms with Crippen molar-refractivity contribution >= 4 is 5.91 Å². The van der Waals surface area contributed by atoms with E-state index >= 15 is 0 Å². The molecule has 4 heteroatoms. The minimum Gasteiger partial charge on any atom is -0.352 e. The van der Waals surface area contributed by atoms with E-state index < -0.39 is 0 Å². The van der Waals surface area contributed by atoms with Gasteiger partial charge in [0, 0.05) is 6.04 Å². The second-order valence-corrected chi connectivity index (χ2v) is 4.70. The van der Waals surface area contributed by atoms with Crippen molar-refractivity contribution < 1.29 is 4.79 Å². The summed E-state index contributed by atoms with van der Waals surface area (Å²) in [6.45, 7) is 4.73. The van der Waals surface area contributed by atoms with E-state index in [4.69, 9.17) is 0 Å². The predicted molar refractivity (Wildman–Crippen MR) is 61.8 cm³/mol. The number of nitrogens with one attached hydrogen (secondary N) is 2. The number of hydrogen-bond donors (Lipinski definition) is 2. The van der Waals surface area contributed by atoms with Crippen LogP contribution in [0, 0.1) is 5.92 Å². The molecule has 1 fully saturated rings. The smallest absolute Gasteiger partial charge is 0.234 e. The second-order valence-electron chi connectivity index (χ2n) is 4.70. The molecule has 1 rings (SSSR count). The molecule has 0 aromatic heterocycles. The van der Waals surface area contributed by atoms with Crippen LogP contribution in [-0.2, 0) is 4.79 Å². The molecule has 2 N–H and O–H groups in total. The first kappa shape index (κ1) is 12.5. The summed E-state index contributed by atoms with van der Waals surface area (Å²) in [5.74, 6) is 0.711. The molecule has 0 bridgehead atoms. The van der Waals surface area contributed by atoms with Crippen LogP contribution in [-0.4, -0.2) is 50.6 Å². The molecule has 15 heavy (non-hydrogen) atoms. The predicted octanol–water partition coefficient (Wildman–Crippen LogP) is 0.0523. The molecule has 0 aromatic carbocycles. The minimum atomic E-state index is 0.123. The number of nitrogens with zero attached hydrogens (tertiary/aromatic N) is 1. The van der Waals surface area contributed by atoms with Crippen LogP contribution < -0.4 is 10.6 Å². The molecule has 88 valence electrons. The Hall–Kier alpha value is -0.610. The summed E-state index contributed by atoms with van der Waals surface area (Å²) in [7, 11) is 3.82. The molecule has 0 saturated carbocycles. The van der Waals surface area contributed by atoms with Gasteiger partial charge in [0.2, 0.25) is 5.91 Å². The summed E-state index contributed by atoms with van der Waals surface area (Å²) in [5, 5.41) is 6.43. The third-order valence-corrected chi connectivity index (χ3v) is 2.89. The molecule has 0 aliphatic carbocycles. The summed E-state index contributed by atoms with van der Waals surface area (Å²) >= 11 is 0. The average Bonchev–Trinajstić information content (AvgIpc) is 2.17. The fourth-order valence-electron chi connectivity index (χ4n) is 2.01. The van der Waals surface area contributed by atoms with Gasteiger partial charge in [-0.15, -0.1) is 0 Å². The van der Waals surface area contributed by atoms with Crippen LogP contribution in [0.15, 0.2) is 0 Å². The lowest BCUT2D eigenvalue weighted by molar-refractivity contribution is -0.122. The monoisotopic (exact) mass is 213 g/mol. The van der Waals surface area contributed by atoms with Gasteiger partial charge >= 0.3 is 0 Å². The molecule has 0 aromatic rings. The zero-order valence-electron chi connectivity index (χ0n) is 10.0. The van der Waals surface area contributed by atoms with Gasteiger partial charge in [-0.05, 0) is 52.9 Å². The molecule has 1 aliphatic rings. The molecule has 2 unspecified atom stereocenters. The van der Waals surface area contributed by atoms with Gasteiger partial charge in [-0.3, -0.25) is 4.79 Å². The number of rotatable bonds is 4. The Labute approximate surface area is 92.4 Å². The van der Waals surface area contributed by atoms with Crippen molar-refractivity contribution in [1.29, 1.82) is 0 Å². The van der Waals surface area contributed by atoms with Crippen LogP contribution in [0.3, 0.4) is 0 Å². The fraction of sp³-hybridized carbons (Fsp3) is 0.909. The van der Waals surface area contributed by atoms with Crippen molar-refractivity contribution in [3.63, 3.8) is 0 Å². The first-order chi connectivity index (χ1) is 7.09. The van der Waals surface area contributed by atoms with Gasteiger partial charge in [0.1, 0.15) is 0 Å². The van der Waals surface area contributed by atoms with Crippen LogP contribution >= 0.6 is 0 Å². The molecule has 1 amide bonds. The SMILES string of the molecule is CC(NC(=O)CN(C)C)C1CCCNC1. The highest BCUT2D eigenvalue weighted by atomic mass is 16.2. The molecule has 1 heterocycles. The molecule has 1 saturated heterocycles. The number of piperidine rings is 1. The van der Waals surface area contributed by atoms with E-state index in [0.29, 0.717) is 12.5 Å². The van der Waals surface area contributed by atoms with Crippen molar-refractivity contribution in [3.05, 3.63) is 0 Å². The number of carbonyl (C=O) groups is 1. The van der Waals surface area contributed by atoms with Gasteiger partial charge in [-0.2, -0.15) is 0 Å². The molecule has 2 atom stereocenters. The fourth-order valence-corrected chi connectivity index (χ4v) is 2.01. The quantitative estimate of drug-likeness (QED) is 0.694.